The van der Waals surface area contributed by atoms with E-state index >= 15 is 0 Å². The summed E-state index contributed by atoms with van der Waals surface area (Å²) in [6, 6.07) is 29.8. The number of nitrogens with zero attached hydrogens (tertiary/aromatic N) is 6. The first-order valence-corrected chi connectivity index (χ1v) is 32.0. The second-order valence-electron chi connectivity index (χ2n) is 25.3. The monoisotopic (exact) mass is 1250 g/mol. The summed E-state index contributed by atoms with van der Waals surface area (Å²) in [4.78, 5) is 97.2. The van der Waals surface area contributed by atoms with Crippen molar-refractivity contribution in [3.63, 3.8) is 0 Å². The lowest BCUT2D eigenvalue weighted by atomic mass is 9.77. The molecule has 3 saturated carbocycles. The van der Waals surface area contributed by atoms with Gasteiger partial charge in [-0.2, -0.15) is 0 Å². The summed E-state index contributed by atoms with van der Waals surface area (Å²) in [6.45, 7) is 9.80. The summed E-state index contributed by atoms with van der Waals surface area (Å²) < 4.78 is 0. The highest BCUT2D eigenvalue weighted by Gasteiger charge is 2.45. The molecular formula is C72H77N15O6. The van der Waals surface area contributed by atoms with E-state index in [-0.39, 0.29) is 70.9 Å². The average molecular weight is 1250 g/mol. The predicted molar refractivity (Wildman–Crippen MR) is 356 cm³/mol. The predicted octanol–water partition coefficient (Wildman–Crippen LogP) is 10.9. The quantitative estimate of drug-likeness (QED) is 0.0518. The SMILES string of the molecule is CC1NC(=O)c2ccc(Cc3ccnc(NC(=O)C4CC4)c3)cc21.CC1NC(=O)c2cnc(Cc3ccnc(NC(=O)C4CC4)c3)cc21.CNc1cc(Cc2ccc3c(c2)C(C)NC3=O)ccn1.Cc1nc(Nc2ccnc(N)c2C)cc2c1C(=O)NC21CCCCC1. The van der Waals surface area contributed by atoms with Gasteiger partial charge in [0.25, 0.3) is 23.6 Å². The molecule has 3 fully saturated rings. The molecule has 10 heterocycles. The molecule has 6 amide bonds. The van der Waals surface area contributed by atoms with Gasteiger partial charge in [-0.25, -0.2) is 24.9 Å². The zero-order valence-corrected chi connectivity index (χ0v) is 53.1. The van der Waals surface area contributed by atoms with Crippen molar-refractivity contribution in [1.29, 1.82) is 0 Å². The Labute approximate surface area is 540 Å². The largest absolute Gasteiger partial charge is 0.383 e. The molecule has 10 N–H and O–H groups in total. The van der Waals surface area contributed by atoms with Crippen molar-refractivity contribution in [1.82, 2.24) is 51.2 Å². The maximum Gasteiger partial charge on any atom is 0.254 e. The van der Waals surface area contributed by atoms with Crippen molar-refractivity contribution in [2.45, 2.75) is 135 Å². The molecule has 21 nitrogen and oxygen atoms in total. The molecule has 3 unspecified atom stereocenters. The highest BCUT2D eigenvalue weighted by Crippen LogP contribution is 2.44. The number of aromatic nitrogens is 6. The minimum atomic E-state index is -0.221. The van der Waals surface area contributed by atoms with Crippen molar-refractivity contribution in [2.24, 2.45) is 11.8 Å². The minimum absolute atomic E-state index is 0.00182. The molecule has 2 aromatic carbocycles. The molecule has 0 saturated heterocycles. The van der Waals surface area contributed by atoms with Crippen LogP contribution in [0.4, 0.5) is 34.8 Å². The van der Waals surface area contributed by atoms with Crippen LogP contribution in [0.25, 0.3) is 0 Å². The number of amides is 6. The van der Waals surface area contributed by atoms with Crippen LogP contribution in [0.2, 0.25) is 0 Å². The molecule has 7 aliphatic rings. The van der Waals surface area contributed by atoms with Gasteiger partial charge in [0.15, 0.2) is 0 Å². The van der Waals surface area contributed by atoms with Gasteiger partial charge in [0.2, 0.25) is 11.8 Å². The third kappa shape index (κ3) is 14.4. The Bertz CT molecular complexity index is 4110. The Hall–Kier alpha value is -10.4. The average Bonchev–Trinajstić information content (AvgIpc) is 1.61. The number of carbonyl (C=O) groups excluding carboxylic acids is 6. The van der Waals surface area contributed by atoms with Gasteiger partial charge in [-0.15, -0.1) is 0 Å². The third-order valence-electron chi connectivity index (χ3n) is 18.2. The highest BCUT2D eigenvalue weighted by molar-refractivity contribution is 6.02. The zero-order chi connectivity index (χ0) is 65.1. The number of rotatable bonds is 13. The molecule has 476 valence electrons. The maximum absolute atomic E-state index is 12.5. The molecule has 1 spiro atoms. The molecule has 0 radical (unpaired) electrons. The van der Waals surface area contributed by atoms with Gasteiger partial charge in [-0.3, -0.25) is 33.8 Å². The van der Waals surface area contributed by atoms with Gasteiger partial charge < -0.3 is 48.3 Å². The summed E-state index contributed by atoms with van der Waals surface area (Å²) in [7, 11) is 1.86. The van der Waals surface area contributed by atoms with Gasteiger partial charge in [-0.05, 0) is 203 Å². The maximum atomic E-state index is 12.5. The van der Waals surface area contributed by atoms with Gasteiger partial charge in [0.05, 0.1) is 40.5 Å². The van der Waals surface area contributed by atoms with Crippen LogP contribution in [-0.2, 0) is 34.4 Å². The van der Waals surface area contributed by atoms with Crippen molar-refractivity contribution < 1.29 is 28.8 Å². The standard InChI is InChI=1S/C19H23N5O.C19H19N3O2.C18H18N4O2.C16H17N3O/c1-11-14(6-9-21-17(11)20)23-15-10-13-16(12(2)22-15)18(25)24-19(13)7-4-3-5-8-19;1-11-16-9-12(2-5-15(16)19(24)21-11)8-13-6-7-20-17(10-13)22-18(23)14-3-4-14;1-10-14-8-13(20-9-15(14)18(24)21-10)6-11-4-5-19-16(7-11)22-17(23)12-2-3-12;1-10-14-8-11(3-4-13(14)16(20)19-10)7-12-5-6-18-15(9-12)17-2/h6,9-10H,3-5,7-8H2,1-2H3,(H,24,25)(H3,20,21,22,23);2,5-7,9-11,14H,3-4,8H2,1H3,(H,21,24)(H,20,22,23);4-5,7-10,12H,2-3,6H2,1H3,(H,21,24)(H,19,22,23);3-6,8-10H,7H2,1-2H3,(H,17,18)(H,19,20). The molecule has 21 heteroatoms. The van der Waals surface area contributed by atoms with Crippen LogP contribution in [0, 0.1) is 25.7 Å². The van der Waals surface area contributed by atoms with E-state index in [4.69, 9.17) is 5.73 Å². The summed E-state index contributed by atoms with van der Waals surface area (Å²) in [5.74, 6) is 3.71. The van der Waals surface area contributed by atoms with Crippen molar-refractivity contribution in [2.75, 3.05) is 34.0 Å². The van der Waals surface area contributed by atoms with Crippen LogP contribution < -0.4 is 48.3 Å². The number of pyridine rings is 6. The number of fused-ring (bicyclic) bond motifs is 5. The van der Waals surface area contributed by atoms with Crippen LogP contribution in [0.3, 0.4) is 0 Å². The van der Waals surface area contributed by atoms with E-state index < -0.39 is 0 Å². The van der Waals surface area contributed by atoms with Crippen LogP contribution in [0.5, 0.6) is 0 Å². The summed E-state index contributed by atoms with van der Waals surface area (Å²) in [6.07, 6.45) is 20.1. The fourth-order valence-corrected chi connectivity index (χ4v) is 12.8. The van der Waals surface area contributed by atoms with E-state index in [0.717, 1.165) is 154 Å². The van der Waals surface area contributed by atoms with Crippen molar-refractivity contribution >= 4 is 70.2 Å². The Kier molecular flexibility index (Phi) is 18.1. The number of benzene rings is 2. The first-order chi connectivity index (χ1) is 44.9. The number of hydrogen-bond acceptors (Lipinski definition) is 15. The van der Waals surface area contributed by atoms with E-state index in [1.165, 1.54) is 17.5 Å². The van der Waals surface area contributed by atoms with Crippen molar-refractivity contribution in [3.05, 3.63) is 211 Å². The number of hydrogen-bond donors (Lipinski definition) is 9. The fourth-order valence-electron chi connectivity index (χ4n) is 12.8. The number of carbonyl (C=O) groups is 6. The first-order valence-electron chi connectivity index (χ1n) is 32.0. The second kappa shape index (κ2) is 26.8. The number of aryl methyl sites for hydroxylation is 1. The lowest BCUT2D eigenvalue weighted by Crippen LogP contribution is -2.40. The zero-order valence-electron chi connectivity index (χ0n) is 53.1. The number of nitrogens with one attached hydrogen (secondary N) is 8. The molecule has 0 bridgehead atoms. The number of nitrogens with two attached hydrogens (primary N) is 1. The van der Waals surface area contributed by atoms with E-state index in [0.29, 0.717) is 29.4 Å². The summed E-state index contributed by atoms with van der Waals surface area (Å²) >= 11 is 0. The van der Waals surface area contributed by atoms with E-state index in [1.54, 1.807) is 24.8 Å². The van der Waals surface area contributed by atoms with E-state index in [9.17, 15) is 28.8 Å². The Morgan fingerprint density at radius 2 is 1.02 bits per heavy atom. The van der Waals surface area contributed by atoms with Gasteiger partial charge in [0, 0.05) is 84.4 Å². The minimum Gasteiger partial charge on any atom is -0.383 e. The van der Waals surface area contributed by atoms with Crippen LogP contribution in [0.1, 0.15) is 205 Å². The molecule has 8 aromatic rings. The molecule has 4 aliphatic heterocycles. The second-order valence-corrected chi connectivity index (χ2v) is 25.3. The van der Waals surface area contributed by atoms with Crippen LogP contribution >= 0.6 is 0 Å². The third-order valence-corrected chi connectivity index (χ3v) is 18.2. The van der Waals surface area contributed by atoms with Crippen LogP contribution in [-0.4, -0.2) is 72.4 Å². The summed E-state index contributed by atoms with van der Waals surface area (Å²) in [5.41, 5.74) is 21.9. The van der Waals surface area contributed by atoms with Gasteiger partial charge in [-0.1, -0.05) is 43.5 Å². The first kappa shape index (κ1) is 62.7. The Morgan fingerprint density at radius 1 is 0.538 bits per heavy atom. The van der Waals surface area contributed by atoms with Gasteiger partial charge in [0.1, 0.15) is 29.1 Å². The van der Waals surface area contributed by atoms with Gasteiger partial charge >= 0.3 is 0 Å². The Morgan fingerprint density at radius 3 is 1.56 bits per heavy atom. The van der Waals surface area contributed by atoms with Crippen LogP contribution in [0.15, 0.2) is 122 Å². The molecule has 15 rings (SSSR count). The lowest BCUT2D eigenvalue weighted by molar-refractivity contribution is -0.118. The molecule has 3 aliphatic carbocycles. The topological polar surface area (TPSA) is 302 Å². The van der Waals surface area contributed by atoms with E-state index in [2.05, 4.69) is 84.6 Å². The number of anilines is 6. The fraction of sp³-hybridized carbons (Fsp3) is 0.333. The molecule has 6 aromatic heterocycles. The highest BCUT2D eigenvalue weighted by atomic mass is 16.2. The molecule has 93 heavy (non-hydrogen) atoms. The number of nitrogen functional groups attached to an aromatic ring is 1. The molecular weight excluding hydrogens is 1170 g/mol. The van der Waals surface area contributed by atoms with Crippen molar-refractivity contribution in [3.8, 4) is 0 Å². The molecule has 3 atom stereocenters. The van der Waals surface area contributed by atoms with E-state index in [1.807, 2.05) is 127 Å². The normalized spacial score (nSPS) is 18.2. The lowest BCUT2D eigenvalue weighted by Gasteiger charge is -2.34. The smallest absolute Gasteiger partial charge is 0.254 e. The Balaban J connectivity index is 0.000000120. The summed E-state index contributed by atoms with van der Waals surface area (Å²) in [5, 5.41) is 24.1.